The fourth-order valence-electron chi connectivity index (χ4n) is 2.60. The topological polar surface area (TPSA) is 38.5 Å². The van der Waals surface area contributed by atoms with Gasteiger partial charge in [0.1, 0.15) is 5.75 Å². The highest BCUT2D eigenvalue weighted by atomic mass is 16.5. The van der Waals surface area contributed by atoms with Crippen molar-refractivity contribution in [3.63, 3.8) is 0 Å². The Hall–Kier alpha value is -1.06. The minimum atomic E-state index is 0.152. The van der Waals surface area contributed by atoms with E-state index in [0.717, 1.165) is 25.2 Å². The molecule has 0 radical (unpaired) electrons. The smallest absolute Gasteiger partial charge is 0.122 e. The molecule has 1 aliphatic rings. The zero-order valence-electron chi connectivity index (χ0n) is 12.6. The lowest BCUT2D eigenvalue weighted by atomic mass is 9.94. The Kier molecular flexibility index (Phi) is 4.16. The van der Waals surface area contributed by atoms with E-state index in [1.807, 2.05) is 0 Å². The second-order valence-electron chi connectivity index (χ2n) is 5.99. The molecule has 3 heteroatoms. The summed E-state index contributed by atoms with van der Waals surface area (Å²) in [6, 6.07) is 6.78. The summed E-state index contributed by atoms with van der Waals surface area (Å²) < 4.78 is 5.57. The molecule has 19 heavy (non-hydrogen) atoms. The molecule has 0 saturated heterocycles. The predicted molar refractivity (Wildman–Crippen MR) is 79.6 cm³/mol. The van der Waals surface area contributed by atoms with Crippen molar-refractivity contribution in [2.45, 2.75) is 45.2 Å². The zero-order chi connectivity index (χ0) is 14.0. The molecule has 106 valence electrons. The third-order valence-corrected chi connectivity index (χ3v) is 4.61. The molecular weight excluding hydrogens is 236 g/mol. The summed E-state index contributed by atoms with van der Waals surface area (Å²) in [5.41, 5.74) is 8.80. The minimum Gasteiger partial charge on any atom is -0.493 e. The average Bonchev–Trinajstić information content (AvgIpc) is 2.87. The highest BCUT2D eigenvalue weighted by Crippen LogP contribution is 2.32. The number of ether oxygens (including phenoxy) is 1. The Bertz CT molecular complexity index is 442. The van der Waals surface area contributed by atoms with Gasteiger partial charge in [0.05, 0.1) is 6.61 Å². The van der Waals surface area contributed by atoms with Gasteiger partial charge in [-0.05, 0) is 44.5 Å². The molecule has 0 aliphatic carbocycles. The first-order valence-corrected chi connectivity index (χ1v) is 7.18. The van der Waals surface area contributed by atoms with Crippen LogP contribution < -0.4 is 10.5 Å². The lowest BCUT2D eigenvalue weighted by Crippen LogP contribution is -2.45. The first-order valence-electron chi connectivity index (χ1n) is 7.18. The van der Waals surface area contributed by atoms with E-state index in [0.29, 0.717) is 6.54 Å². The number of nitrogens with zero attached hydrogens (tertiary/aromatic N) is 1. The summed E-state index contributed by atoms with van der Waals surface area (Å²) in [6.45, 7) is 8.21. The minimum absolute atomic E-state index is 0.152. The molecule has 0 amide bonds. The van der Waals surface area contributed by atoms with Crippen LogP contribution in [0.25, 0.3) is 0 Å². The standard InChI is InChI=1S/C16H26N2O/c1-5-16(2,3)18(4)14(11-17)12-6-7-15-13(10-12)8-9-19-15/h6-7,10,14H,5,8-9,11,17H2,1-4H3. The molecule has 0 saturated carbocycles. The highest BCUT2D eigenvalue weighted by Gasteiger charge is 2.28. The fraction of sp³-hybridized carbons (Fsp3) is 0.625. The number of rotatable bonds is 5. The summed E-state index contributed by atoms with van der Waals surface area (Å²) in [4.78, 5) is 2.39. The number of likely N-dealkylation sites (N-methyl/N-ethyl adjacent to an activating group) is 1. The summed E-state index contributed by atoms with van der Waals surface area (Å²) in [6.07, 6.45) is 2.12. The van der Waals surface area contributed by atoms with Crippen LogP contribution in [0.3, 0.4) is 0 Å². The van der Waals surface area contributed by atoms with Crippen molar-refractivity contribution < 1.29 is 4.74 Å². The van der Waals surface area contributed by atoms with Crippen LogP contribution in [0, 0.1) is 0 Å². The predicted octanol–water partition coefficient (Wildman–Crippen LogP) is 2.74. The molecule has 1 aliphatic heterocycles. The van der Waals surface area contributed by atoms with Gasteiger partial charge >= 0.3 is 0 Å². The molecule has 3 nitrogen and oxygen atoms in total. The van der Waals surface area contributed by atoms with Crippen LogP contribution in [0.15, 0.2) is 18.2 Å². The first kappa shape index (κ1) is 14.4. The number of benzene rings is 1. The lowest BCUT2D eigenvalue weighted by Gasteiger charge is -2.40. The monoisotopic (exact) mass is 262 g/mol. The van der Waals surface area contributed by atoms with Crippen LogP contribution in [-0.2, 0) is 6.42 Å². The molecule has 2 rings (SSSR count). The molecule has 1 atom stereocenters. The van der Waals surface area contributed by atoms with Crippen molar-refractivity contribution in [1.29, 1.82) is 0 Å². The fourth-order valence-corrected chi connectivity index (χ4v) is 2.60. The van der Waals surface area contributed by atoms with Crippen molar-refractivity contribution in [2.24, 2.45) is 5.73 Å². The van der Waals surface area contributed by atoms with Gasteiger partial charge in [-0.25, -0.2) is 0 Å². The number of fused-ring (bicyclic) bond motifs is 1. The van der Waals surface area contributed by atoms with E-state index in [1.165, 1.54) is 11.1 Å². The van der Waals surface area contributed by atoms with Crippen molar-refractivity contribution >= 4 is 0 Å². The van der Waals surface area contributed by atoms with Gasteiger partial charge < -0.3 is 10.5 Å². The van der Waals surface area contributed by atoms with E-state index in [4.69, 9.17) is 10.5 Å². The number of hydrogen-bond donors (Lipinski definition) is 1. The molecule has 1 unspecified atom stereocenters. The normalized spacial score (nSPS) is 16.3. The van der Waals surface area contributed by atoms with Crippen LogP contribution in [0.5, 0.6) is 5.75 Å². The van der Waals surface area contributed by atoms with Gasteiger partial charge in [-0.15, -0.1) is 0 Å². The molecule has 0 spiro atoms. The Labute approximate surface area is 116 Å². The van der Waals surface area contributed by atoms with E-state index in [1.54, 1.807) is 0 Å². The van der Waals surface area contributed by atoms with Crippen LogP contribution >= 0.6 is 0 Å². The van der Waals surface area contributed by atoms with Gasteiger partial charge in [-0.2, -0.15) is 0 Å². The Morgan fingerprint density at radius 1 is 1.42 bits per heavy atom. The maximum Gasteiger partial charge on any atom is 0.122 e. The Balaban J connectivity index is 2.27. The quantitative estimate of drug-likeness (QED) is 0.886. The third-order valence-electron chi connectivity index (χ3n) is 4.61. The largest absolute Gasteiger partial charge is 0.493 e. The lowest BCUT2D eigenvalue weighted by molar-refractivity contribution is 0.100. The van der Waals surface area contributed by atoms with E-state index in [9.17, 15) is 0 Å². The van der Waals surface area contributed by atoms with E-state index >= 15 is 0 Å². The van der Waals surface area contributed by atoms with Gasteiger partial charge in [0.2, 0.25) is 0 Å². The summed E-state index contributed by atoms with van der Waals surface area (Å²) in [5, 5.41) is 0. The Morgan fingerprint density at radius 3 is 2.79 bits per heavy atom. The van der Waals surface area contributed by atoms with Crippen molar-refractivity contribution in [3.05, 3.63) is 29.3 Å². The molecule has 1 aromatic rings. The van der Waals surface area contributed by atoms with Crippen LogP contribution in [0.2, 0.25) is 0 Å². The average molecular weight is 262 g/mol. The molecular formula is C16H26N2O. The van der Waals surface area contributed by atoms with Gasteiger partial charge in [0.25, 0.3) is 0 Å². The van der Waals surface area contributed by atoms with E-state index < -0.39 is 0 Å². The molecule has 2 N–H and O–H groups in total. The maximum atomic E-state index is 6.03. The summed E-state index contributed by atoms with van der Waals surface area (Å²) in [5.74, 6) is 1.04. The Morgan fingerprint density at radius 2 is 2.16 bits per heavy atom. The number of hydrogen-bond acceptors (Lipinski definition) is 3. The molecule has 0 fully saturated rings. The van der Waals surface area contributed by atoms with Crippen LogP contribution in [0.1, 0.15) is 44.4 Å². The second kappa shape index (κ2) is 5.51. The zero-order valence-corrected chi connectivity index (χ0v) is 12.6. The SMILES string of the molecule is CCC(C)(C)N(C)C(CN)c1ccc2c(c1)CCO2. The summed E-state index contributed by atoms with van der Waals surface area (Å²) >= 11 is 0. The van der Waals surface area contributed by atoms with Gasteiger partial charge in [0, 0.05) is 24.5 Å². The number of nitrogens with two attached hydrogens (primary N) is 1. The molecule has 1 aromatic carbocycles. The third kappa shape index (κ3) is 2.77. The van der Waals surface area contributed by atoms with Crippen molar-refractivity contribution in [3.8, 4) is 5.75 Å². The van der Waals surface area contributed by atoms with Crippen LogP contribution in [-0.4, -0.2) is 30.6 Å². The highest BCUT2D eigenvalue weighted by molar-refractivity contribution is 5.41. The molecule has 1 heterocycles. The van der Waals surface area contributed by atoms with Gasteiger partial charge in [0.15, 0.2) is 0 Å². The van der Waals surface area contributed by atoms with Crippen LogP contribution in [0.4, 0.5) is 0 Å². The van der Waals surface area contributed by atoms with Gasteiger partial charge in [-0.3, -0.25) is 4.90 Å². The summed E-state index contributed by atoms with van der Waals surface area (Å²) in [7, 11) is 2.17. The molecule has 0 aromatic heterocycles. The van der Waals surface area contributed by atoms with E-state index in [2.05, 4.69) is 50.9 Å². The van der Waals surface area contributed by atoms with Crippen molar-refractivity contribution in [2.75, 3.05) is 20.2 Å². The van der Waals surface area contributed by atoms with E-state index in [-0.39, 0.29) is 11.6 Å². The first-order chi connectivity index (χ1) is 8.99. The second-order valence-corrected chi connectivity index (χ2v) is 5.99. The van der Waals surface area contributed by atoms with Crippen molar-refractivity contribution in [1.82, 2.24) is 4.90 Å². The maximum absolute atomic E-state index is 6.03. The van der Waals surface area contributed by atoms with Gasteiger partial charge in [-0.1, -0.05) is 19.1 Å². The molecule has 0 bridgehead atoms.